The molecule has 2 aromatic carbocycles. The van der Waals surface area contributed by atoms with E-state index in [1.807, 2.05) is 22.8 Å². The molecule has 2 aromatic heterocycles. The van der Waals surface area contributed by atoms with Crippen LogP contribution in [0, 0.1) is 6.92 Å². The molecule has 176 valence electrons. The van der Waals surface area contributed by atoms with Gasteiger partial charge in [-0.1, -0.05) is 18.0 Å². The molecule has 0 atom stereocenters. The highest BCUT2D eigenvalue weighted by molar-refractivity contribution is 5.80. The fraction of sp³-hybridized carbons (Fsp3) is 0.360. The van der Waals surface area contributed by atoms with Crippen LogP contribution in [0.3, 0.4) is 0 Å². The van der Waals surface area contributed by atoms with Crippen LogP contribution in [0.2, 0.25) is 0 Å². The first kappa shape index (κ1) is 21.9. The Bertz CT molecular complexity index is 1390. The van der Waals surface area contributed by atoms with E-state index in [9.17, 15) is 4.79 Å². The molecule has 2 heterocycles. The van der Waals surface area contributed by atoms with Crippen molar-refractivity contribution in [2.24, 2.45) is 0 Å². The molecule has 0 N–H and O–H groups in total. The quantitative estimate of drug-likeness (QED) is 0.411. The summed E-state index contributed by atoms with van der Waals surface area (Å²) in [6, 6.07) is 9.45. The van der Waals surface area contributed by atoms with Gasteiger partial charge in [-0.05, 0) is 50.1 Å². The summed E-state index contributed by atoms with van der Waals surface area (Å²) < 4.78 is 23.7. The van der Waals surface area contributed by atoms with E-state index < -0.39 is 0 Å². The molecule has 5 rings (SSSR count). The van der Waals surface area contributed by atoms with Crippen LogP contribution in [0.15, 0.2) is 39.6 Å². The molecule has 1 fully saturated rings. The smallest absolute Gasteiger partial charge is 0.272 e. The molecule has 4 aromatic rings. The summed E-state index contributed by atoms with van der Waals surface area (Å²) in [6.07, 6.45) is 4.32. The third-order valence-corrected chi connectivity index (χ3v) is 6.34. The number of ether oxygens (including phenoxy) is 3. The van der Waals surface area contributed by atoms with Crippen LogP contribution in [0.25, 0.3) is 33.9 Å². The van der Waals surface area contributed by atoms with Gasteiger partial charge in [0.1, 0.15) is 5.69 Å². The van der Waals surface area contributed by atoms with E-state index in [4.69, 9.17) is 18.7 Å². The summed E-state index contributed by atoms with van der Waals surface area (Å²) in [5.41, 5.74) is 3.43. The van der Waals surface area contributed by atoms with Crippen molar-refractivity contribution in [1.82, 2.24) is 19.7 Å². The van der Waals surface area contributed by atoms with Crippen LogP contribution in [0.5, 0.6) is 17.2 Å². The maximum Gasteiger partial charge on any atom is 0.272 e. The molecule has 0 unspecified atom stereocenters. The third kappa shape index (κ3) is 3.67. The molecule has 0 radical (unpaired) electrons. The van der Waals surface area contributed by atoms with Gasteiger partial charge in [0.25, 0.3) is 11.4 Å². The topological polar surface area (TPSA) is 102 Å². The van der Waals surface area contributed by atoms with Crippen LogP contribution in [0.1, 0.15) is 37.4 Å². The van der Waals surface area contributed by atoms with Crippen LogP contribution >= 0.6 is 0 Å². The van der Waals surface area contributed by atoms with Crippen LogP contribution in [-0.4, -0.2) is 41.0 Å². The van der Waals surface area contributed by atoms with Crippen molar-refractivity contribution in [2.75, 3.05) is 21.3 Å². The Balaban J connectivity index is 1.56. The zero-order valence-corrected chi connectivity index (χ0v) is 19.6. The Kier molecular flexibility index (Phi) is 5.69. The summed E-state index contributed by atoms with van der Waals surface area (Å²) in [4.78, 5) is 22.0. The summed E-state index contributed by atoms with van der Waals surface area (Å²) in [5.74, 6) is 2.20. The normalized spacial score (nSPS) is 14.0. The summed E-state index contributed by atoms with van der Waals surface area (Å²) in [5, 5.41) is 4.17. The third-order valence-electron chi connectivity index (χ3n) is 6.34. The summed E-state index contributed by atoms with van der Waals surface area (Å²) in [6.45, 7) is 1.76. The number of fused-ring (bicyclic) bond motifs is 1. The number of nitrogens with zero attached hydrogens (tertiary/aromatic N) is 4. The molecule has 1 aliphatic carbocycles. The molecule has 0 saturated heterocycles. The minimum Gasteiger partial charge on any atom is -0.493 e. The summed E-state index contributed by atoms with van der Waals surface area (Å²) >= 11 is 0. The molecular formula is C25H26N4O5. The van der Waals surface area contributed by atoms with Crippen molar-refractivity contribution < 1.29 is 18.7 Å². The lowest BCUT2D eigenvalue weighted by atomic mass is 10.1. The van der Waals surface area contributed by atoms with Crippen LogP contribution in [-0.2, 0) is 0 Å². The second-order valence-corrected chi connectivity index (χ2v) is 8.35. The van der Waals surface area contributed by atoms with E-state index in [2.05, 4.69) is 15.1 Å². The monoisotopic (exact) mass is 462 g/mol. The lowest BCUT2D eigenvalue weighted by molar-refractivity contribution is 0.324. The molecule has 0 spiro atoms. The molecule has 34 heavy (non-hydrogen) atoms. The highest BCUT2D eigenvalue weighted by atomic mass is 16.5. The Labute approximate surface area is 196 Å². The largest absolute Gasteiger partial charge is 0.493 e. The van der Waals surface area contributed by atoms with Gasteiger partial charge in [-0.2, -0.15) is 4.98 Å². The van der Waals surface area contributed by atoms with E-state index in [-0.39, 0.29) is 11.6 Å². The zero-order valence-electron chi connectivity index (χ0n) is 19.6. The molecule has 1 saturated carbocycles. The van der Waals surface area contributed by atoms with Crippen molar-refractivity contribution in [2.45, 2.75) is 38.6 Å². The average Bonchev–Trinajstić information content (AvgIpc) is 3.56. The first-order valence-corrected chi connectivity index (χ1v) is 11.2. The fourth-order valence-corrected chi connectivity index (χ4v) is 4.66. The molecule has 0 aliphatic heterocycles. The van der Waals surface area contributed by atoms with Gasteiger partial charge in [-0.15, -0.1) is 0 Å². The van der Waals surface area contributed by atoms with Gasteiger partial charge in [0, 0.05) is 17.2 Å². The highest BCUT2D eigenvalue weighted by Crippen LogP contribution is 2.41. The molecule has 1 aliphatic rings. The van der Waals surface area contributed by atoms with Gasteiger partial charge < -0.3 is 23.3 Å². The number of aryl methyl sites for hydroxylation is 1. The van der Waals surface area contributed by atoms with Gasteiger partial charge in [-0.3, -0.25) is 4.79 Å². The molecule has 9 heteroatoms. The van der Waals surface area contributed by atoms with Gasteiger partial charge >= 0.3 is 0 Å². The minimum atomic E-state index is -0.0172. The van der Waals surface area contributed by atoms with E-state index in [0.717, 1.165) is 42.3 Å². The van der Waals surface area contributed by atoms with E-state index in [0.29, 0.717) is 40.2 Å². The van der Waals surface area contributed by atoms with Crippen molar-refractivity contribution in [3.05, 3.63) is 46.4 Å². The number of benzene rings is 2. The number of hydrogen-bond donors (Lipinski definition) is 0. The van der Waals surface area contributed by atoms with Crippen molar-refractivity contribution >= 4 is 11.0 Å². The molecule has 9 nitrogen and oxygen atoms in total. The number of methoxy groups -OCH3 is 3. The van der Waals surface area contributed by atoms with Gasteiger partial charge in [-0.25, -0.2) is 4.98 Å². The Morgan fingerprint density at radius 3 is 2.29 bits per heavy atom. The molecule has 0 bridgehead atoms. The van der Waals surface area contributed by atoms with Crippen molar-refractivity contribution in [3.63, 3.8) is 0 Å². The molecular weight excluding hydrogens is 436 g/mol. The maximum absolute atomic E-state index is 12.9. The van der Waals surface area contributed by atoms with Crippen molar-refractivity contribution in [1.29, 1.82) is 0 Å². The number of hydrogen-bond acceptors (Lipinski definition) is 8. The lowest BCUT2D eigenvalue weighted by Crippen LogP contribution is -2.26. The predicted octanol–water partition coefficient (Wildman–Crippen LogP) is 4.56. The van der Waals surface area contributed by atoms with Crippen LogP contribution in [0.4, 0.5) is 0 Å². The van der Waals surface area contributed by atoms with Gasteiger partial charge in [0.05, 0.1) is 32.4 Å². The Morgan fingerprint density at radius 2 is 1.65 bits per heavy atom. The van der Waals surface area contributed by atoms with Crippen molar-refractivity contribution in [3.8, 4) is 40.1 Å². The van der Waals surface area contributed by atoms with Gasteiger partial charge in [0.2, 0.25) is 11.6 Å². The predicted molar refractivity (Wildman–Crippen MR) is 127 cm³/mol. The Hall–Kier alpha value is -3.88. The average molecular weight is 463 g/mol. The SMILES string of the molecule is COc1cc(-c2nc(-c3ccc4c(c3)nc(C)c(=O)n4C3CCCC3)no2)cc(OC)c1OC. The highest BCUT2D eigenvalue weighted by Gasteiger charge is 2.22. The fourth-order valence-electron chi connectivity index (χ4n) is 4.66. The molecule has 0 amide bonds. The lowest BCUT2D eigenvalue weighted by Gasteiger charge is -2.17. The van der Waals surface area contributed by atoms with E-state index in [1.54, 1.807) is 40.4 Å². The first-order valence-electron chi connectivity index (χ1n) is 11.2. The Morgan fingerprint density at radius 1 is 0.941 bits per heavy atom. The number of rotatable bonds is 6. The number of aromatic nitrogens is 4. The second kappa shape index (κ2) is 8.81. The van der Waals surface area contributed by atoms with Crippen LogP contribution < -0.4 is 19.8 Å². The second-order valence-electron chi connectivity index (χ2n) is 8.35. The van der Waals surface area contributed by atoms with Gasteiger partial charge in [0.15, 0.2) is 11.5 Å². The standard InChI is InChI=1S/C25H26N4O5/c1-14-25(30)29(17-7-5-6-8-17)19-10-9-15(11-18(19)26-14)23-27-24(34-28-23)16-12-20(31-2)22(33-4)21(13-16)32-3/h9-13,17H,5-8H2,1-4H3. The minimum absolute atomic E-state index is 0.0172. The summed E-state index contributed by atoms with van der Waals surface area (Å²) in [7, 11) is 4.65. The maximum atomic E-state index is 12.9. The van der Waals surface area contributed by atoms with E-state index >= 15 is 0 Å². The first-order chi connectivity index (χ1) is 16.5. The van der Waals surface area contributed by atoms with E-state index in [1.165, 1.54) is 0 Å². The zero-order chi connectivity index (χ0) is 23.8.